The smallest absolute Gasteiger partial charge is 0.258 e. The number of amides is 1. The lowest BCUT2D eigenvalue weighted by Crippen LogP contribution is -2.32. The molecule has 4 aromatic rings. The number of carbonyl (C=O) groups excluding carboxylic acids is 1. The third-order valence-corrected chi connectivity index (χ3v) is 5.36. The number of halogens is 1. The van der Waals surface area contributed by atoms with E-state index in [1.165, 1.54) is 18.4 Å². The number of ether oxygens (including phenoxy) is 3. The molecule has 0 saturated heterocycles. The minimum atomic E-state index is -0.390. The Labute approximate surface area is 205 Å². The molecule has 1 amide bonds. The van der Waals surface area contributed by atoms with E-state index < -0.39 is 0 Å². The molecule has 0 fully saturated rings. The summed E-state index contributed by atoms with van der Waals surface area (Å²) < 4.78 is 21.7. The fourth-order valence-electron chi connectivity index (χ4n) is 3.35. The minimum absolute atomic E-state index is 0.0227. The van der Waals surface area contributed by atoms with Gasteiger partial charge in [0.05, 0.1) is 19.2 Å². The molecule has 35 heavy (non-hydrogen) atoms. The van der Waals surface area contributed by atoms with E-state index in [1.54, 1.807) is 55.6 Å². The molecule has 9 heteroatoms. The monoisotopic (exact) mass is 495 g/mol. The van der Waals surface area contributed by atoms with Crippen LogP contribution < -0.4 is 25.0 Å². The van der Waals surface area contributed by atoms with Gasteiger partial charge in [-0.2, -0.15) is 0 Å². The molecule has 1 heterocycles. The van der Waals surface area contributed by atoms with Gasteiger partial charge in [-0.3, -0.25) is 9.59 Å². The van der Waals surface area contributed by atoms with E-state index in [0.29, 0.717) is 27.6 Å². The highest BCUT2D eigenvalue weighted by Gasteiger charge is 2.15. The van der Waals surface area contributed by atoms with Crippen molar-refractivity contribution in [1.29, 1.82) is 0 Å². The van der Waals surface area contributed by atoms with Gasteiger partial charge in [0.15, 0.2) is 6.61 Å². The van der Waals surface area contributed by atoms with Crippen molar-refractivity contribution in [2.75, 3.05) is 26.9 Å². The van der Waals surface area contributed by atoms with Crippen molar-refractivity contribution in [2.45, 2.75) is 0 Å². The molecule has 0 unspecified atom stereocenters. The second-order valence-corrected chi connectivity index (χ2v) is 7.90. The lowest BCUT2D eigenvalue weighted by Gasteiger charge is -2.10. The van der Waals surface area contributed by atoms with Gasteiger partial charge >= 0.3 is 0 Å². The van der Waals surface area contributed by atoms with E-state index in [9.17, 15) is 14.7 Å². The highest BCUT2D eigenvalue weighted by atomic mass is 35.5. The molecule has 8 nitrogen and oxygen atoms in total. The minimum Gasteiger partial charge on any atom is -0.507 e. The van der Waals surface area contributed by atoms with Gasteiger partial charge in [0.2, 0.25) is 5.43 Å². The number of hydrogen-bond donors (Lipinski definition) is 2. The molecule has 0 aliphatic rings. The van der Waals surface area contributed by atoms with Crippen LogP contribution in [-0.2, 0) is 4.79 Å². The lowest BCUT2D eigenvalue weighted by molar-refractivity contribution is -0.123. The van der Waals surface area contributed by atoms with Gasteiger partial charge in [0, 0.05) is 17.2 Å². The maximum Gasteiger partial charge on any atom is 0.258 e. The fourth-order valence-corrected chi connectivity index (χ4v) is 3.48. The Morgan fingerprint density at radius 3 is 2.43 bits per heavy atom. The number of nitrogens with one attached hydrogen (secondary N) is 1. The average Bonchev–Trinajstić information content (AvgIpc) is 2.86. The van der Waals surface area contributed by atoms with E-state index in [2.05, 4.69) is 5.32 Å². The van der Waals surface area contributed by atoms with Crippen molar-refractivity contribution >= 4 is 28.5 Å². The first kappa shape index (κ1) is 24.0. The number of rotatable bonds is 9. The number of benzene rings is 3. The van der Waals surface area contributed by atoms with Crippen LogP contribution in [0.4, 0.5) is 0 Å². The summed E-state index contributed by atoms with van der Waals surface area (Å²) in [6.07, 6.45) is 1.32. The summed E-state index contributed by atoms with van der Waals surface area (Å²) >= 11 is 5.82. The summed E-state index contributed by atoms with van der Waals surface area (Å²) in [5.74, 6) is 0.798. The molecule has 0 aliphatic heterocycles. The van der Waals surface area contributed by atoms with Crippen molar-refractivity contribution in [3.63, 3.8) is 0 Å². The van der Waals surface area contributed by atoms with Gasteiger partial charge in [-0.1, -0.05) is 23.7 Å². The van der Waals surface area contributed by atoms with Crippen molar-refractivity contribution in [1.82, 2.24) is 5.32 Å². The number of aromatic hydroxyl groups is 1. The molecule has 0 saturated carbocycles. The molecule has 0 atom stereocenters. The van der Waals surface area contributed by atoms with E-state index in [-0.39, 0.29) is 53.6 Å². The van der Waals surface area contributed by atoms with Crippen LogP contribution in [0.25, 0.3) is 22.1 Å². The van der Waals surface area contributed by atoms with E-state index >= 15 is 0 Å². The summed E-state index contributed by atoms with van der Waals surface area (Å²) in [5.41, 5.74) is 0.667. The van der Waals surface area contributed by atoms with Gasteiger partial charge in [0.25, 0.3) is 5.91 Å². The first-order valence-electron chi connectivity index (χ1n) is 10.7. The summed E-state index contributed by atoms with van der Waals surface area (Å²) in [4.78, 5) is 25.0. The van der Waals surface area contributed by atoms with Crippen LogP contribution in [0.5, 0.6) is 23.0 Å². The van der Waals surface area contributed by atoms with Crippen LogP contribution in [0, 0.1) is 0 Å². The first-order valence-corrected chi connectivity index (χ1v) is 11.0. The zero-order valence-corrected chi connectivity index (χ0v) is 19.5. The zero-order chi connectivity index (χ0) is 24.8. The van der Waals surface area contributed by atoms with Gasteiger partial charge in [-0.05, 0) is 42.0 Å². The number of phenols is 1. The Kier molecular flexibility index (Phi) is 7.42. The second kappa shape index (κ2) is 10.8. The second-order valence-electron chi connectivity index (χ2n) is 7.46. The number of phenolic OH excluding ortho intramolecular Hbond substituents is 1. The van der Waals surface area contributed by atoms with Crippen LogP contribution in [0.3, 0.4) is 0 Å². The standard InChI is InChI=1S/C26H22ClNO7/c1-32-18-6-2-16(3-7-18)21-14-35-23-13-20(12-22(29)25(23)26(21)31)34-15-24(30)28-10-11-33-19-8-4-17(27)5-9-19/h2-9,12-14,29H,10-11,15H2,1H3,(H,28,30). The molecule has 0 bridgehead atoms. The summed E-state index contributed by atoms with van der Waals surface area (Å²) in [7, 11) is 1.55. The molecule has 0 aliphatic carbocycles. The van der Waals surface area contributed by atoms with Crippen LogP contribution >= 0.6 is 11.6 Å². The Bertz CT molecular complexity index is 1380. The van der Waals surface area contributed by atoms with Gasteiger partial charge in [-0.15, -0.1) is 0 Å². The normalized spacial score (nSPS) is 10.7. The third kappa shape index (κ3) is 5.85. The number of hydrogen-bond acceptors (Lipinski definition) is 7. The quantitative estimate of drug-likeness (QED) is 0.331. The number of fused-ring (bicyclic) bond motifs is 1. The van der Waals surface area contributed by atoms with Crippen LogP contribution in [0.1, 0.15) is 0 Å². The van der Waals surface area contributed by atoms with Crippen LogP contribution in [0.15, 0.2) is 76.1 Å². The first-order chi connectivity index (χ1) is 16.9. The molecule has 4 rings (SSSR count). The largest absolute Gasteiger partial charge is 0.507 e. The third-order valence-electron chi connectivity index (χ3n) is 5.11. The predicted octanol–water partition coefficient (Wildman–Crippen LogP) is 4.40. The van der Waals surface area contributed by atoms with Crippen molar-refractivity contribution in [3.8, 4) is 34.1 Å². The maximum absolute atomic E-state index is 13.0. The van der Waals surface area contributed by atoms with Gasteiger partial charge in [-0.25, -0.2) is 0 Å². The maximum atomic E-state index is 13.0. The SMILES string of the molecule is COc1ccc(-c2coc3cc(OCC(=O)NCCOc4ccc(Cl)cc4)cc(O)c3c2=O)cc1. The molecule has 3 aromatic carbocycles. The van der Waals surface area contributed by atoms with E-state index in [1.807, 2.05) is 0 Å². The molecule has 0 spiro atoms. The van der Waals surface area contributed by atoms with Crippen molar-refractivity contribution < 1.29 is 28.5 Å². The molecule has 2 N–H and O–H groups in total. The lowest BCUT2D eigenvalue weighted by atomic mass is 10.0. The topological polar surface area (TPSA) is 107 Å². The Morgan fingerprint density at radius 1 is 1.00 bits per heavy atom. The Morgan fingerprint density at radius 2 is 1.71 bits per heavy atom. The van der Waals surface area contributed by atoms with Gasteiger partial charge < -0.3 is 29.1 Å². The molecule has 180 valence electrons. The van der Waals surface area contributed by atoms with E-state index in [0.717, 1.165) is 0 Å². The fraction of sp³-hybridized carbons (Fsp3) is 0.154. The van der Waals surface area contributed by atoms with Crippen LogP contribution in [-0.4, -0.2) is 37.9 Å². The Hall–Kier alpha value is -4.17. The van der Waals surface area contributed by atoms with Gasteiger partial charge in [0.1, 0.15) is 46.8 Å². The van der Waals surface area contributed by atoms with E-state index in [4.69, 9.17) is 30.2 Å². The average molecular weight is 496 g/mol. The van der Waals surface area contributed by atoms with Crippen molar-refractivity contribution in [2.24, 2.45) is 0 Å². The zero-order valence-electron chi connectivity index (χ0n) is 18.7. The molecular formula is C26H22ClNO7. The summed E-state index contributed by atoms with van der Waals surface area (Å²) in [6, 6.07) is 16.5. The summed E-state index contributed by atoms with van der Waals surface area (Å²) in [6.45, 7) is 0.253. The number of methoxy groups -OCH3 is 1. The molecule has 1 aromatic heterocycles. The molecule has 0 radical (unpaired) electrons. The van der Waals surface area contributed by atoms with Crippen LogP contribution in [0.2, 0.25) is 5.02 Å². The molecular weight excluding hydrogens is 474 g/mol. The highest BCUT2D eigenvalue weighted by molar-refractivity contribution is 6.30. The summed E-state index contributed by atoms with van der Waals surface area (Å²) in [5, 5.41) is 13.8. The highest BCUT2D eigenvalue weighted by Crippen LogP contribution is 2.30. The Balaban J connectivity index is 1.36. The number of carbonyl (C=O) groups is 1. The van der Waals surface area contributed by atoms with Crippen molar-refractivity contribution in [3.05, 3.63) is 82.2 Å². The predicted molar refractivity (Wildman–Crippen MR) is 132 cm³/mol.